The number of esters is 2. The highest BCUT2D eigenvalue weighted by Gasteiger charge is 2.11. The maximum Gasteiger partial charge on any atom is 0.311 e. The lowest BCUT2D eigenvalue weighted by atomic mass is 10.3. The van der Waals surface area contributed by atoms with Gasteiger partial charge in [0, 0.05) is 12.8 Å². The Morgan fingerprint density at radius 2 is 1.11 bits per heavy atom. The molecule has 0 aliphatic rings. The number of carbonyl (C=O) groups is 2. The van der Waals surface area contributed by atoms with Crippen LogP contribution in [-0.4, -0.2) is 11.9 Å². The van der Waals surface area contributed by atoms with Crippen LogP contribution in [0.15, 0.2) is 24.7 Å². The normalized spacial score (nSPS) is 9.67. The highest BCUT2D eigenvalue weighted by Crippen LogP contribution is 2.09. The molecule has 4 heteroatoms. The zero-order valence-corrected chi connectivity index (χ0v) is 11.3. The van der Waals surface area contributed by atoms with Crippen molar-refractivity contribution in [2.24, 2.45) is 0 Å². The van der Waals surface area contributed by atoms with E-state index in [1.54, 1.807) is 0 Å². The summed E-state index contributed by atoms with van der Waals surface area (Å²) < 4.78 is 9.86. The third-order valence-corrected chi connectivity index (χ3v) is 2.11. The minimum absolute atomic E-state index is 0.000965. The third kappa shape index (κ3) is 8.56. The van der Waals surface area contributed by atoms with E-state index in [2.05, 4.69) is 13.2 Å². The van der Waals surface area contributed by atoms with Crippen molar-refractivity contribution in [1.82, 2.24) is 0 Å². The van der Waals surface area contributed by atoms with Gasteiger partial charge in [-0.1, -0.05) is 27.0 Å². The molecule has 0 rings (SSSR count). The van der Waals surface area contributed by atoms with Gasteiger partial charge in [0.15, 0.2) is 0 Å². The van der Waals surface area contributed by atoms with E-state index in [1.165, 1.54) is 0 Å². The molecule has 0 heterocycles. The van der Waals surface area contributed by atoms with Gasteiger partial charge < -0.3 is 9.47 Å². The van der Waals surface area contributed by atoms with Gasteiger partial charge in [-0.2, -0.15) is 0 Å². The van der Waals surface area contributed by atoms with Gasteiger partial charge in [-0.15, -0.1) is 0 Å². The second-order valence-corrected chi connectivity index (χ2v) is 4.03. The summed E-state index contributed by atoms with van der Waals surface area (Å²) in [7, 11) is 0. The molecule has 0 atom stereocenters. The van der Waals surface area contributed by atoms with Crippen LogP contribution in [0.1, 0.15) is 52.4 Å². The average molecular weight is 254 g/mol. The second-order valence-electron chi connectivity index (χ2n) is 4.03. The van der Waals surface area contributed by atoms with Gasteiger partial charge in [0.2, 0.25) is 0 Å². The Morgan fingerprint density at radius 3 is 1.39 bits per heavy atom. The first-order valence-electron chi connectivity index (χ1n) is 6.26. The Hall–Kier alpha value is -1.58. The average Bonchev–Trinajstić information content (AvgIpc) is 2.27. The van der Waals surface area contributed by atoms with Crippen LogP contribution in [0, 0.1) is 0 Å². The molecule has 0 aromatic heterocycles. The Kier molecular flexibility index (Phi) is 8.62. The third-order valence-electron chi connectivity index (χ3n) is 2.11. The van der Waals surface area contributed by atoms with Gasteiger partial charge in [-0.25, -0.2) is 0 Å². The fourth-order valence-corrected chi connectivity index (χ4v) is 1.29. The summed E-state index contributed by atoms with van der Waals surface area (Å²) in [6.45, 7) is 11.2. The highest BCUT2D eigenvalue weighted by atomic mass is 16.5. The van der Waals surface area contributed by atoms with E-state index in [-0.39, 0.29) is 12.8 Å². The van der Waals surface area contributed by atoms with Crippen LogP contribution in [-0.2, 0) is 19.1 Å². The molecular weight excluding hydrogens is 232 g/mol. The Balaban J connectivity index is 3.81. The zero-order chi connectivity index (χ0) is 14.0. The SMILES string of the molecule is C=C(CCC)OC(=O)CCC(=O)OC(=C)CCC. The predicted molar refractivity (Wildman–Crippen MR) is 69.5 cm³/mol. The molecule has 0 unspecified atom stereocenters. The predicted octanol–water partition coefficient (Wildman–Crippen LogP) is 3.48. The first-order valence-corrected chi connectivity index (χ1v) is 6.26. The molecule has 0 radical (unpaired) electrons. The fourth-order valence-electron chi connectivity index (χ4n) is 1.29. The van der Waals surface area contributed by atoms with E-state index in [1.807, 2.05) is 13.8 Å². The second kappa shape index (κ2) is 9.45. The Labute approximate surface area is 109 Å². The number of hydrogen-bond acceptors (Lipinski definition) is 4. The van der Waals surface area contributed by atoms with Crippen LogP contribution in [0.4, 0.5) is 0 Å². The van der Waals surface area contributed by atoms with Crippen LogP contribution in [0.25, 0.3) is 0 Å². The molecule has 0 aliphatic heterocycles. The lowest BCUT2D eigenvalue weighted by Crippen LogP contribution is -2.09. The lowest BCUT2D eigenvalue weighted by Gasteiger charge is -2.07. The first-order chi connectivity index (χ1) is 8.49. The van der Waals surface area contributed by atoms with Crippen molar-refractivity contribution < 1.29 is 19.1 Å². The Morgan fingerprint density at radius 1 is 0.778 bits per heavy atom. The number of carbonyl (C=O) groups excluding carboxylic acids is 2. The molecule has 18 heavy (non-hydrogen) atoms. The molecule has 0 aromatic carbocycles. The summed E-state index contributed by atoms with van der Waals surface area (Å²) in [4.78, 5) is 22.7. The molecule has 102 valence electrons. The summed E-state index contributed by atoms with van der Waals surface area (Å²) in [6.07, 6.45) is 3.02. The molecule has 0 aromatic rings. The van der Waals surface area contributed by atoms with Crippen molar-refractivity contribution in [3.8, 4) is 0 Å². The van der Waals surface area contributed by atoms with E-state index in [4.69, 9.17) is 9.47 Å². The number of allylic oxidation sites excluding steroid dienone is 2. The highest BCUT2D eigenvalue weighted by molar-refractivity contribution is 5.78. The van der Waals surface area contributed by atoms with E-state index in [0.29, 0.717) is 24.4 Å². The smallest absolute Gasteiger partial charge is 0.311 e. The van der Waals surface area contributed by atoms with Gasteiger partial charge in [-0.3, -0.25) is 9.59 Å². The maximum absolute atomic E-state index is 11.3. The Bertz CT molecular complexity index is 286. The van der Waals surface area contributed by atoms with E-state index in [9.17, 15) is 9.59 Å². The van der Waals surface area contributed by atoms with Crippen molar-refractivity contribution in [2.75, 3.05) is 0 Å². The molecule has 0 bridgehead atoms. The quantitative estimate of drug-likeness (QED) is 0.467. The van der Waals surface area contributed by atoms with Gasteiger partial charge >= 0.3 is 11.9 Å². The van der Waals surface area contributed by atoms with Crippen LogP contribution < -0.4 is 0 Å². The molecule has 0 saturated carbocycles. The van der Waals surface area contributed by atoms with Gasteiger partial charge in [0.25, 0.3) is 0 Å². The van der Waals surface area contributed by atoms with Crippen molar-refractivity contribution in [3.63, 3.8) is 0 Å². The van der Waals surface area contributed by atoms with E-state index in [0.717, 1.165) is 12.8 Å². The molecule has 0 N–H and O–H groups in total. The minimum atomic E-state index is -0.452. The van der Waals surface area contributed by atoms with Crippen LogP contribution in [0.3, 0.4) is 0 Å². The van der Waals surface area contributed by atoms with Crippen molar-refractivity contribution in [2.45, 2.75) is 52.4 Å². The monoisotopic (exact) mass is 254 g/mol. The molecule has 0 spiro atoms. The van der Waals surface area contributed by atoms with E-state index >= 15 is 0 Å². The first kappa shape index (κ1) is 16.4. The number of ether oxygens (including phenoxy) is 2. The lowest BCUT2D eigenvalue weighted by molar-refractivity contribution is -0.146. The maximum atomic E-state index is 11.3. The minimum Gasteiger partial charge on any atom is -0.432 e. The van der Waals surface area contributed by atoms with E-state index < -0.39 is 11.9 Å². The molecule has 0 fully saturated rings. The zero-order valence-electron chi connectivity index (χ0n) is 11.3. The summed E-state index contributed by atoms with van der Waals surface area (Å²) in [5, 5.41) is 0. The van der Waals surface area contributed by atoms with Gasteiger partial charge in [0.1, 0.15) is 11.5 Å². The van der Waals surface area contributed by atoms with Gasteiger partial charge in [0.05, 0.1) is 12.8 Å². The topological polar surface area (TPSA) is 52.6 Å². The molecule has 0 aliphatic carbocycles. The number of hydrogen-bond donors (Lipinski definition) is 0. The summed E-state index contributed by atoms with van der Waals surface area (Å²) in [5.41, 5.74) is 0. The largest absolute Gasteiger partial charge is 0.432 e. The van der Waals surface area contributed by atoms with Crippen LogP contribution in [0.2, 0.25) is 0 Å². The standard InChI is InChI=1S/C14H22O4/c1-5-7-11(3)17-13(15)9-10-14(16)18-12(4)8-6-2/h3-10H2,1-2H3. The summed E-state index contributed by atoms with van der Waals surface area (Å²) >= 11 is 0. The molecule has 4 nitrogen and oxygen atoms in total. The number of rotatable bonds is 9. The molecule has 0 saturated heterocycles. The fraction of sp³-hybridized carbons (Fsp3) is 0.571. The molecule has 0 amide bonds. The van der Waals surface area contributed by atoms with Gasteiger partial charge in [-0.05, 0) is 12.8 Å². The molecular formula is C14H22O4. The van der Waals surface area contributed by atoms with Crippen LogP contribution in [0.5, 0.6) is 0 Å². The van der Waals surface area contributed by atoms with Crippen LogP contribution >= 0.6 is 0 Å². The summed E-state index contributed by atoms with van der Waals surface area (Å²) in [6, 6.07) is 0. The summed E-state index contributed by atoms with van der Waals surface area (Å²) in [5.74, 6) is -0.0319. The van der Waals surface area contributed by atoms with Crippen molar-refractivity contribution >= 4 is 11.9 Å². The van der Waals surface area contributed by atoms with Crippen molar-refractivity contribution in [3.05, 3.63) is 24.7 Å². The van der Waals surface area contributed by atoms with Crippen molar-refractivity contribution in [1.29, 1.82) is 0 Å².